The van der Waals surface area contributed by atoms with E-state index in [0.29, 0.717) is 19.5 Å². The summed E-state index contributed by atoms with van der Waals surface area (Å²) < 4.78 is 23.8. The number of ketones is 1. The van der Waals surface area contributed by atoms with Crippen LogP contribution in [0.4, 0.5) is 0 Å². The average molecular weight is 451 g/mol. The molecule has 1 aromatic heterocycles. The van der Waals surface area contributed by atoms with E-state index < -0.39 is 10.8 Å². The maximum Gasteiger partial charge on any atom is 0.293 e. The van der Waals surface area contributed by atoms with Gasteiger partial charge in [-0.1, -0.05) is 26.8 Å². The molecule has 1 unspecified atom stereocenters. The van der Waals surface area contributed by atoms with Gasteiger partial charge in [0.2, 0.25) is 0 Å². The Balaban J connectivity index is 1.53. The maximum absolute atomic E-state index is 13.7. The lowest BCUT2D eigenvalue weighted by Crippen LogP contribution is -2.65. The summed E-state index contributed by atoms with van der Waals surface area (Å²) in [5.74, 6) is 0.0829. The first-order chi connectivity index (χ1) is 15.8. The molecule has 6 nitrogen and oxygen atoms in total. The highest BCUT2D eigenvalue weighted by atomic mass is 16.6. The maximum atomic E-state index is 13.7. The Morgan fingerprint density at radius 1 is 1.24 bits per heavy atom. The van der Waals surface area contributed by atoms with Gasteiger partial charge in [-0.2, -0.15) is 0 Å². The van der Waals surface area contributed by atoms with E-state index in [2.05, 4.69) is 33.8 Å². The summed E-state index contributed by atoms with van der Waals surface area (Å²) >= 11 is 0. The van der Waals surface area contributed by atoms with Crippen LogP contribution in [0.25, 0.3) is 5.57 Å². The van der Waals surface area contributed by atoms with Crippen LogP contribution in [0.2, 0.25) is 0 Å². The van der Waals surface area contributed by atoms with Crippen molar-refractivity contribution >= 4 is 17.8 Å². The third-order valence-corrected chi connectivity index (χ3v) is 9.46. The SMILES string of the molecule is CC1=C2[C@@H](C=C1c1ccoc1)O[C@@H]1[C@@H]3OC[C@]4(C)C=CC(=O)[C@@](C)(C34)[C@@H](CCOC=O)[C@]21C. The zero-order valence-electron chi connectivity index (χ0n) is 19.5. The van der Waals surface area contributed by atoms with Gasteiger partial charge in [-0.15, -0.1) is 0 Å². The molecule has 0 N–H and O–H groups in total. The second-order valence-electron chi connectivity index (χ2n) is 10.9. The average Bonchev–Trinajstić information content (AvgIpc) is 3.53. The summed E-state index contributed by atoms with van der Waals surface area (Å²) in [6.45, 7) is 10.0. The lowest BCUT2D eigenvalue weighted by molar-refractivity contribution is -0.184. The van der Waals surface area contributed by atoms with Crippen LogP contribution >= 0.6 is 0 Å². The minimum atomic E-state index is -0.647. The summed E-state index contributed by atoms with van der Waals surface area (Å²) in [5.41, 5.74) is 3.23. The van der Waals surface area contributed by atoms with Crippen LogP contribution in [-0.2, 0) is 23.8 Å². The number of ether oxygens (including phenoxy) is 3. The first-order valence-corrected chi connectivity index (χ1v) is 11.8. The van der Waals surface area contributed by atoms with Crippen molar-refractivity contribution in [1.82, 2.24) is 0 Å². The molecule has 0 amide bonds. The molecule has 1 aromatic rings. The molecule has 174 valence electrons. The highest BCUT2D eigenvalue weighted by molar-refractivity contribution is 5.97. The number of rotatable bonds is 5. The highest BCUT2D eigenvalue weighted by Gasteiger charge is 2.74. The number of fused-ring (bicyclic) bond motifs is 4. The number of hydrogen-bond acceptors (Lipinski definition) is 6. The molecule has 1 saturated carbocycles. The van der Waals surface area contributed by atoms with Gasteiger partial charge in [0.05, 0.1) is 44.1 Å². The van der Waals surface area contributed by atoms with Crippen LogP contribution in [0.5, 0.6) is 0 Å². The van der Waals surface area contributed by atoms with E-state index in [-0.39, 0.29) is 48.0 Å². The fourth-order valence-corrected chi connectivity index (χ4v) is 8.24. The number of carbonyl (C=O) groups excluding carboxylic acids is 2. The normalized spacial score (nSPS) is 45.0. The first kappa shape index (κ1) is 21.1. The number of allylic oxidation sites excluding steroid dienone is 3. The molecule has 0 aromatic carbocycles. The minimum absolute atomic E-state index is 0.0128. The van der Waals surface area contributed by atoms with Crippen LogP contribution in [-0.4, -0.2) is 43.8 Å². The molecule has 6 rings (SSSR count). The molecular formula is C27H30O6. The van der Waals surface area contributed by atoms with Crippen molar-refractivity contribution in [3.05, 3.63) is 53.5 Å². The van der Waals surface area contributed by atoms with E-state index in [4.69, 9.17) is 18.6 Å². The molecule has 2 aliphatic heterocycles. The zero-order chi connectivity index (χ0) is 23.2. The van der Waals surface area contributed by atoms with E-state index in [1.54, 1.807) is 18.6 Å². The van der Waals surface area contributed by atoms with Gasteiger partial charge in [0.15, 0.2) is 5.78 Å². The largest absolute Gasteiger partial charge is 0.472 e. The zero-order valence-corrected chi connectivity index (χ0v) is 19.5. The van der Waals surface area contributed by atoms with Gasteiger partial charge in [-0.25, -0.2) is 0 Å². The van der Waals surface area contributed by atoms with Gasteiger partial charge in [-0.05, 0) is 54.2 Å². The van der Waals surface area contributed by atoms with E-state index >= 15 is 0 Å². The van der Waals surface area contributed by atoms with E-state index in [0.717, 1.165) is 11.1 Å². The predicted molar refractivity (Wildman–Crippen MR) is 120 cm³/mol. The number of hydrogen-bond donors (Lipinski definition) is 0. The Morgan fingerprint density at radius 2 is 2.06 bits per heavy atom. The molecule has 3 aliphatic carbocycles. The van der Waals surface area contributed by atoms with Crippen molar-refractivity contribution in [3.8, 4) is 0 Å². The Labute approximate surface area is 193 Å². The van der Waals surface area contributed by atoms with Crippen molar-refractivity contribution < 1.29 is 28.2 Å². The second kappa shape index (κ2) is 6.80. The third-order valence-electron chi connectivity index (χ3n) is 9.46. The van der Waals surface area contributed by atoms with Crippen LogP contribution in [0.3, 0.4) is 0 Å². The first-order valence-electron chi connectivity index (χ1n) is 11.8. The Kier molecular flexibility index (Phi) is 4.35. The molecule has 2 saturated heterocycles. The minimum Gasteiger partial charge on any atom is -0.472 e. The van der Waals surface area contributed by atoms with Gasteiger partial charge in [0.25, 0.3) is 6.47 Å². The van der Waals surface area contributed by atoms with Gasteiger partial charge >= 0.3 is 0 Å². The standard InChI is InChI=1S/C27H30O6/c1-15-17(16-6-9-30-12-16)11-18-21(15)27(4)19(7-10-31-14-28)26(3)20(29)5-8-25(2)13-32-22(23(25)26)24(27)33-18/h5-6,8-9,11-12,14,18-19,22-24H,7,10,13H2,1-4H3/t18-,19-,22-,23?,24-,25+,26+,27-/m1/s1. The topological polar surface area (TPSA) is 75.0 Å². The molecule has 8 atom stereocenters. The molecule has 3 heterocycles. The molecule has 0 spiro atoms. The van der Waals surface area contributed by atoms with Crippen molar-refractivity contribution in [2.24, 2.45) is 28.1 Å². The van der Waals surface area contributed by atoms with Crippen molar-refractivity contribution in [2.45, 2.75) is 52.4 Å². The van der Waals surface area contributed by atoms with Gasteiger partial charge < -0.3 is 18.6 Å². The Morgan fingerprint density at radius 3 is 2.79 bits per heavy atom. The van der Waals surface area contributed by atoms with Gasteiger partial charge in [0, 0.05) is 27.7 Å². The summed E-state index contributed by atoms with van der Waals surface area (Å²) in [6, 6.07) is 1.96. The second-order valence-corrected chi connectivity index (χ2v) is 10.9. The van der Waals surface area contributed by atoms with E-state index in [1.165, 1.54) is 11.1 Å². The molecule has 5 aliphatic rings. The molecular weight excluding hydrogens is 420 g/mol. The fourth-order valence-electron chi connectivity index (χ4n) is 8.24. The van der Waals surface area contributed by atoms with Crippen molar-refractivity contribution in [1.29, 1.82) is 0 Å². The molecule has 0 bridgehead atoms. The van der Waals surface area contributed by atoms with Gasteiger partial charge in [-0.3, -0.25) is 9.59 Å². The van der Waals surface area contributed by atoms with E-state index in [1.807, 2.05) is 12.1 Å². The third kappa shape index (κ3) is 2.46. The Bertz CT molecular complexity index is 1110. The lowest BCUT2D eigenvalue weighted by Gasteiger charge is -2.60. The van der Waals surface area contributed by atoms with E-state index in [9.17, 15) is 9.59 Å². The van der Waals surface area contributed by atoms with Crippen molar-refractivity contribution in [3.63, 3.8) is 0 Å². The highest BCUT2D eigenvalue weighted by Crippen LogP contribution is 2.71. The van der Waals surface area contributed by atoms with Crippen molar-refractivity contribution in [2.75, 3.05) is 13.2 Å². The van der Waals surface area contributed by atoms with Crippen LogP contribution in [0.1, 0.15) is 39.7 Å². The molecule has 3 fully saturated rings. The summed E-state index contributed by atoms with van der Waals surface area (Å²) in [5, 5.41) is 0. The van der Waals surface area contributed by atoms with Gasteiger partial charge in [0.1, 0.15) is 0 Å². The monoisotopic (exact) mass is 450 g/mol. The lowest BCUT2D eigenvalue weighted by atomic mass is 9.42. The van der Waals surface area contributed by atoms with Crippen LogP contribution in [0.15, 0.2) is 52.4 Å². The predicted octanol–water partition coefficient (Wildman–Crippen LogP) is 4.13. The summed E-state index contributed by atoms with van der Waals surface area (Å²) in [7, 11) is 0. The van der Waals surface area contributed by atoms with Crippen LogP contribution < -0.4 is 0 Å². The smallest absolute Gasteiger partial charge is 0.293 e. The summed E-state index contributed by atoms with van der Waals surface area (Å²) in [4.78, 5) is 24.7. The molecule has 6 heteroatoms. The fraction of sp³-hybridized carbons (Fsp3) is 0.556. The quantitative estimate of drug-likeness (QED) is 0.496. The number of carbonyl (C=O) groups is 2. The molecule has 0 radical (unpaired) electrons. The number of furan rings is 1. The molecule has 33 heavy (non-hydrogen) atoms. The summed E-state index contributed by atoms with van der Waals surface area (Å²) in [6.07, 6.45) is 9.51. The Hall–Kier alpha value is -2.44. The van der Waals surface area contributed by atoms with Crippen LogP contribution in [0, 0.1) is 28.1 Å².